The number of aryl methyl sites for hydroxylation is 1. The molecule has 0 amide bonds. The fraction of sp³-hybridized carbons (Fsp3) is 0.583. The Balaban J connectivity index is 2.41. The van der Waals surface area contributed by atoms with Crippen molar-refractivity contribution in [3.63, 3.8) is 0 Å². The summed E-state index contributed by atoms with van der Waals surface area (Å²) in [6.45, 7) is 4.41. The van der Waals surface area contributed by atoms with Crippen LogP contribution >= 0.6 is 0 Å². The van der Waals surface area contributed by atoms with Crippen LogP contribution in [0.5, 0.6) is 0 Å². The normalized spacial score (nSPS) is 28.2. The largest absolute Gasteiger partial charge is 0.327 e. The summed E-state index contributed by atoms with van der Waals surface area (Å²) in [7, 11) is 0. The molecule has 0 spiro atoms. The molecule has 0 radical (unpaired) electrons. The van der Waals surface area contributed by atoms with Crippen LogP contribution in [0.25, 0.3) is 0 Å². The van der Waals surface area contributed by atoms with Gasteiger partial charge in [-0.05, 0) is 42.9 Å². The van der Waals surface area contributed by atoms with E-state index >= 15 is 0 Å². The third kappa shape index (κ3) is 1.55. The van der Waals surface area contributed by atoms with Crippen molar-refractivity contribution in [2.45, 2.75) is 38.6 Å². The van der Waals surface area contributed by atoms with Gasteiger partial charge in [-0.2, -0.15) is 0 Å². The number of nitrogens with zero attached hydrogens (tertiary/aromatic N) is 1. The molecule has 0 saturated carbocycles. The highest BCUT2D eigenvalue weighted by molar-refractivity contribution is 5.31. The number of pyridine rings is 1. The fourth-order valence-corrected chi connectivity index (χ4v) is 2.64. The molecular formula is C12H18N2. The van der Waals surface area contributed by atoms with Gasteiger partial charge in [-0.3, -0.25) is 4.98 Å². The van der Waals surface area contributed by atoms with Gasteiger partial charge in [0.25, 0.3) is 0 Å². The van der Waals surface area contributed by atoms with E-state index in [-0.39, 0.29) is 6.04 Å². The smallest absolute Gasteiger partial charge is 0.0302 e. The molecule has 3 unspecified atom stereocenters. The number of nitrogens with two attached hydrogens (primary N) is 1. The molecular weight excluding hydrogens is 172 g/mol. The first-order valence-electron chi connectivity index (χ1n) is 5.38. The monoisotopic (exact) mass is 190 g/mol. The van der Waals surface area contributed by atoms with Crippen LogP contribution in [0, 0.1) is 5.92 Å². The van der Waals surface area contributed by atoms with Crippen molar-refractivity contribution >= 4 is 0 Å². The van der Waals surface area contributed by atoms with Gasteiger partial charge in [0.1, 0.15) is 0 Å². The fourth-order valence-electron chi connectivity index (χ4n) is 2.64. The Labute approximate surface area is 85.5 Å². The first-order valence-corrected chi connectivity index (χ1v) is 5.38. The van der Waals surface area contributed by atoms with Crippen molar-refractivity contribution < 1.29 is 0 Å². The maximum Gasteiger partial charge on any atom is 0.0302 e. The summed E-state index contributed by atoms with van der Waals surface area (Å²) >= 11 is 0. The maximum absolute atomic E-state index is 6.05. The van der Waals surface area contributed by atoms with Gasteiger partial charge in [-0.15, -0.1) is 0 Å². The van der Waals surface area contributed by atoms with E-state index in [0.717, 1.165) is 6.42 Å². The van der Waals surface area contributed by atoms with E-state index in [1.54, 1.807) is 0 Å². The van der Waals surface area contributed by atoms with Gasteiger partial charge in [0.15, 0.2) is 0 Å². The van der Waals surface area contributed by atoms with E-state index < -0.39 is 0 Å². The van der Waals surface area contributed by atoms with Gasteiger partial charge < -0.3 is 5.73 Å². The van der Waals surface area contributed by atoms with Gasteiger partial charge in [0.05, 0.1) is 0 Å². The molecule has 1 aromatic rings. The second-order valence-electron chi connectivity index (χ2n) is 4.48. The minimum absolute atomic E-state index is 0.242. The lowest BCUT2D eigenvalue weighted by Crippen LogP contribution is -2.33. The van der Waals surface area contributed by atoms with Crippen molar-refractivity contribution in [1.29, 1.82) is 0 Å². The topological polar surface area (TPSA) is 38.9 Å². The predicted molar refractivity (Wildman–Crippen MR) is 58.1 cm³/mol. The van der Waals surface area contributed by atoms with Crippen LogP contribution in [-0.2, 0) is 6.42 Å². The molecule has 0 aliphatic heterocycles. The van der Waals surface area contributed by atoms with Crippen LogP contribution in [-0.4, -0.2) is 11.0 Å². The van der Waals surface area contributed by atoms with Crippen LogP contribution in [0.15, 0.2) is 18.5 Å². The van der Waals surface area contributed by atoms with Crippen LogP contribution in [0.2, 0.25) is 0 Å². The molecule has 0 bridgehead atoms. The molecule has 2 N–H and O–H groups in total. The van der Waals surface area contributed by atoms with Crippen LogP contribution < -0.4 is 5.73 Å². The minimum Gasteiger partial charge on any atom is -0.327 e. The van der Waals surface area contributed by atoms with Gasteiger partial charge in [-0.25, -0.2) is 0 Å². The second-order valence-corrected chi connectivity index (χ2v) is 4.48. The third-order valence-corrected chi connectivity index (χ3v) is 3.35. The summed E-state index contributed by atoms with van der Waals surface area (Å²) < 4.78 is 0. The second kappa shape index (κ2) is 3.70. The summed E-state index contributed by atoms with van der Waals surface area (Å²) in [6.07, 6.45) is 6.28. The lowest BCUT2D eigenvalue weighted by Gasteiger charge is -2.33. The van der Waals surface area contributed by atoms with Gasteiger partial charge in [-0.1, -0.05) is 6.92 Å². The quantitative estimate of drug-likeness (QED) is 0.736. The standard InChI is InChI=1S/C12H18N2/c1-8-3-4-10-7-14-6-5-11(10)12(8)9(2)13/h5-9,12H,3-4,13H2,1-2H3. The Morgan fingerprint density at radius 2 is 2.36 bits per heavy atom. The molecule has 1 aromatic heterocycles. The zero-order valence-electron chi connectivity index (χ0n) is 8.90. The molecule has 0 aromatic carbocycles. The molecule has 76 valence electrons. The van der Waals surface area contributed by atoms with Crippen molar-refractivity contribution in [1.82, 2.24) is 4.98 Å². The Morgan fingerprint density at radius 3 is 3.07 bits per heavy atom. The van der Waals surface area contributed by atoms with Crippen molar-refractivity contribution in [3.05, 3.63) is 29.6 Å². The third-order valence-electron chi connectivity index (χ3n) is 3.35. The summed E-state index contributed by atoms with van der Waals surface area (Å²) in [4.78, 5) is 4.18. The van der Waals surface area contributed by atoms with E-state index in [4.69, 9.17) is 5.73 Å². The van der Waals surface area contributed by atoms with Crippen molar-refractivity contribution in [2.24, 2.45) is 11.7 Å². The van der Waals surface area contributed by atoms with Crippen molar-refractivity contribution in [2.75, 3.05) is 0 Å². The highest BCUT2D eigenvalue weighted by atomic mass is 14.7. The first-order chi connectivity index (χ1) is 6.70. The summed E-state index contributed by atoms with van der Waals surface area (Å²) in [5.41, 5.74) is 8.87. The van der Waals surface area contributed by atoms with Crippen LogP contribution in [0.1, 0.15) is 37.3 Å². The SMILES string of the molecule is CC(N)C1c2ccncc2CCC1C. The molecule has 0 saturated heterocycles. The van der Waals surface area contributed by atoms with Crippen LogP contribution in [0.3, 0.4) is 0 Å². The predicted octanol–water partition coefficient (Wildman–Crippen LogP) is 2.09. The van der Waals surface area contributed by atoms with Gasteiger partial charge in [0.2, 0.25) is 0 Å². The summed E-state index contributed by atoms with van der Waals surface area (Å²) in [5, 5.41) is 0. The number of hydrogen-bond acceptors (Lipinski definition) is 2. The molecule has 1 aliphatic rings. The van der Waals surface area contributed by atoms with Gasteiger partial charge in [0, 0.05) is 24.4 Å². The zero-order valence-corrected chi connectivity index (χ0v) is 8.90. The Morgan fingerprint density at radius 1 is 1.57 bits per heavy atom. The number of fused-ring (bicyclic) bond motifs is 1. The molecule has 0 fully saturated rings. The maximum atomic E-state index is 6.05. The van der Waals surface area contributed by atoms with E-state index in [9.17, 15) is 0 Å². The molecule has 2 rings (SSSR count). The Hall–Kier alpha value is -0.890. The highest BCUT2D eigenvalue weighted by Gasteiger charge is 2.28. The summed E-state index contributed by atoms with van der Waals surface area (Å²) in [6, 6.07) is 2.38. The molecule has 3 atom stereocenters. The van der Waals surface area contributed by atoms with Crippen molar-refractivity contribution in [3.8, 4) is 0 Å². The minimum atomic E-state index is 0.242. The first kappa shape index (κ1) is 9.66. The number of hydrogen-bond donors (Lipinski definition) is 1. The lowest BCUT2D eigenvalue weighted by atomic mass is 9.73. The summed E-state index contributed by atoms with van der Waals surface area (Å²) in [5.74, 6) is 1.21. The average Bonchev–Trinajstić information content (AvgIpc) is 2.17. The molecule has 1 aliphatic carbocycles. The number of rotatable bonds is 1. The number of aromatic nitrogens is 1. The highest BCUT2D eigenvalue weighted by Crippen LogP contribution is 2.36. The van der Waals surface area contributed by atoms with E-state index in [1.807, 2.05) is 12.4 Å². The Kier molecular flexibility index (Phi) is 2.55. The molecule has 14 heavy (non-hydrogen) atoms. The van der Waals surface area contributed by atoms with Gasteiger partial charge >= 0.3 is 0 Å². The molecule has 2 heteroatoms. The Bertz CT molecular complexity index is 320. The lowest BCUT2D eigenvalue weighted by molar-refractivity contribution is 0.361. The molecule has 1 heterocycles. The average molecular weight is 190 g/mol. The zero-order chi connectivity index (χ0) is 10.1. The van der Waals surface area contributed by atoms with Crippen LogP contribution in [0.4, 0.5) is 0 Å². The van der Waals surface area contributed by atoms with E-state index in [1.165, 1.54) is 17.5 Å². The van der Waals surface area contributed by atoms with E-state index in [0.29, 0.717) is 11.8 Å². The molecule has 2 nitrogen and oxygen atoms in total. The van der Waals surface area contributed by atoms with E-state index in [2.05, 4.69) is 24.9 Å².